The quantitative estimate of drug-likeness (QED) is 0.805. The van der Waals surface area contributed by atoms with Crippen molar-refractivity contribution in [1.82, 2.24) is 4.98 Å². The number of hydrogen-bond donors (Lipinski definition) is 1. The molecule has 0 spiro atoms. The van der Waals surface area contributed by atoms with Gasteiger partial charge in [0.15, 0.2) is 0 Å². The van der Waals surface area contributed by atoms with Gasteiger partial charge < -0.3 is 5.11 Å². The van der Waals surface area contributed by atoms with Gasteiger partial charge in [0, 0.05) is 0 Å². The number of carboxylic acid groups (broad SMARTS) is 1. The van der Waals surface area contributed by atoms with Gasteiger partial charge in [0.1, 0.15) is 9.75 Å². The molecule has 0 aliphatic carbocycles. The smallest absolute Gasteiger partial charge is 0.315 e. The Morgan fingerprint density at radius 3 is 2.67 bits per heavy atom. The maximum Gasteiger partial charge on any atom is 0.315 e. The minimum atomic E-state index is -1.00. The zero-order chi connectivity index (χ0) is 9.35. The van der Waals surface area contributed by atoms with Crippen LogP contribution in [0.25, 0.3) is 0 Å². The van der Waals surface area contributed by atoms with E-state index < -0.39 is 11.4 Å². The fourth-order valence-electron chi connectivity index (χ4n) is 0.740. The van der Waals surface area contributed by atoms with Crippen molar-refractivity contribution < 1.29 is 9.90 Å². The molecule has 0 fully saturated rings. The maximum absolute atomic E-state index is 10.8. The first-order valence-corrected chi connectivity index (χ1v) is 4.55. The number of aliphatic carboxylic acids is 1. The Kier molecular flexibility index (Phi) is 2.39. The van der Waals surface area contributed by atoms with Gasteiger partial charge in [-0.25, -0.2) is 4.98 Å². The molecule has 1 aromatic heterocycles. The van der Waals surface area contributed by atoms with Gasteiger partial charge in [-0.2, -0.15) is 0 Å². The largest absolute Gasteiger partial charge is 0.481 e. The van der Waals surface area contributed by atoms with E-state index in [2.05, 4.69) is 4.98 Å². The molecular weight excluding hydrogens is 198 g/mol. The molecule has 0 bridgehead atoms. The second kappa shape index (κ2) is 3.03. The molecule has 1 heterocycles. The van der Waals surface area contributed by atoms with Crippen LogP contribution in [0.4, 0.5) is 0 Å². The highest BCUT2D eigenvalue weighted by Gasteiger charge is 2.33. The van der Waals surface area contributed by atoms with Crippen molar-refractivity contribution in [2.24, 2.45) is 0 Å². The normalized spacial score (nSPS) is 11.6. The summed E-state index contributed by atoms with van der Waals surface area (Å²) in [5.41, 5.74) is 0.973. The van der Waals surface area contributed by atoms with Crippen LogP contribution >= 0.6 is 22.9 Å². The summed E-state index contributed by atoms with van der Waals surface area (Å²) in [4.78, 5) is 14.7. The average Bonchev–Trinajstić information content (AvgIpc) is 2.35. The van der Waals surface area contributed by atoms with Crippen molar-refractivity contribution in [2.45, 2.75) is 19.3 Å². The highest BCUT2D eigenvalue weighted by molar-refractivity contribution is 7.14. The molecule has 0 aliphatic heterocycles. The van der Waals surface area contributed by atoms with Crippen LogP contribution in [0.15, 0.2) is 5.51 Å². The topological polar surface area (TPSA) is 50.2 Å². The predicted octanol–water partition coefficient (Wildman–Crippen LogP) is 2.16. The Morgan fingerprint density at radius 2 is 2.33 bits per heavy atom. The molecule has 0 aromatic carbocycles. The van der Waals surface area contributed by atoms with Crippen LogP contribution in [0.3, 0.4) is 0 Å². The molecule has 0 saturated carbocycles. The molecule has 1 N–H and O–H groups in total. The highest BCUT2D eigenvalue weighted by Crippen LogP contribution is 2.31. The lowest BCUT2D eigenvalue weighted by Crippen LogP contribution is -2.29. The Labute approximate surface area is 79.0 Å². The summed E-state index contributed by atoms with van der Waals surface area (Å²) in [5.74, 6) is -0.921. The van der Waals surface area contributed by atoms with Gasteiger partial charge in [-0.1, -0.05) is 11.6 Å². The van der Waals surface area contributed by atoms with E-state index in [0.717, 1.165) is 0 Å². The van der Waals surface area contributed by atoms with Gasteiger partial charge in [0.2, 0.25) is 0 Å². The van der Waals surface area contributed by atoms with Crippen molar-refractivity contribution in [3.8, 4) is 0 Å². The van der Waals surface area contributed by atoms with Crippen molar-refractivity contribution in [1.29, 1.82) is 0 Å². The summed E-state index contributed by atoms with van der Waals surface area (Å²) in [7, 11) is 0. The van der Waals surface area contributed by atoms with Crippen LogP contribution in [0.1, 0.15) is 19.5 Å². The Balaban J connectivity index is 3.13. The van der Waals surface area contributed by atoms with Crippen molar-refractivity contribution in [3.05, 3.63) is 15.5 Å². The summed E-state index contributed by atoms with van der Waals surface area (Å²) in [6.07, 6.45) is 0. The van der Waals surface area contributed by atoms with E-state index in [4.69, 9.17) is 16.7 Å². The molecule has 0 unspecified atom stereocenters. The fourth-order valence-corrected chi connectivity index (χ4v) is 1.81. The molecule has 12 heavy (non-hydrogen) atoms. The molecular formula is C7H8ClNO2S. The van der Waals surface area contributed by atoms with Crippen molar-refractivity contribution in [3.63, 3.8) is 0 Å². The van der Waals surface area contributed by atoms with Crippen LogP contribution in [0, 0.1) is 0 Å². The second-order valence-corrected chi connectivity index (χ2v) is 4.36. The second-order valence-electron chi connectivity index (χ2n) is 2.90. The number of hydrogen-bond acceptors (Lipinski definition) is 3. The first kappa shape index (κ1) is 9.48. The summed E-state index contributed by atoms with van der Waals surface area (Å²) in [6.45, 7) is 3.16. The van der Waals surface area contributed by atoms with Crippen molar-refractivity contribution >= 4 is 28.9 Å². The van der Waals surface area contributed by atoms with Gasteiger partial charge in [-0.15, -0.1) is 11.3 Å². The van der Waals surface area contributed by atoms with Crippen LogP contribution < -0.4 is 0 Å². The van der Waals surface area contributed by atoms with E-state index in [1.54, 1.807) is 19.4 Å². The first-order valence-electron chi connectivity index (χ1n) is 3.29. The monoisotopic (exact) mass is 205 g/mol. The number of thiazole rings is 1. The molecule has 0 atom stereocenters. The first-order chi connectivity index (χ1) is 5.46. The standard InChI is InChI=1S/C7H8ClNO2S/c1-7(2,6(10)11)4-5(8)12-3-9-4/h3H,1-2H3,(H,10,11). The molecule has 5 heteroatoms. The van der Waals surface area contributed by atoms with E-state index in [-0.39, 0.29) is 0 Å². The zero-order valence-electron chi connectivity index (χ0n) is 6.67. The number of halogens is 1. The average molecular weight is 206 g/mol. The van der Waals surface area contributed by atoms with E-state index in [1.165, 1.54) is 11.3 Å². The number of nitrogens with zero attached hydrogens (tertiary/aromatic N) is 1. The van der Waals surface area contributed by atoms with E-state index in [1.807, 2.05) is 0 Å². The fraction of sp³-hybridized carbons (Fsp3) is 0.429. The number of carbonyl (C=O) groups is 1. The third-order valence-electron chi connectivity index (χ3n) is 1.65. The summed E-state index contributed by atoms with van der Waals surface area (Å²) in [5, 5.41) is 8.84. The van der Waals surface area contributed by atoms with Crippen molar-refractivity contribution in [2.75, 3.05) is 0 Å². The summed E-state index contributed by atoms with van der Waals surface area (Å²) >= 11 is 7.00. The summed E-state index contributed by atoms with van der Waals surface area (Å²) in [6, 6.07) is 0. The molecule has 3 nitrogen and oxygen atoms in total. The van der Waals surface area contributed by atoms with E-state index in [9.17, 15) is 4.79 Å². The highest BCUT2D eigenvalue weighted by atomic mass is 35.5. The Bertz CT molecular complexity index is 308. The minimum absolute atomic E-state index is 0.432. The maximum atomic E-state index is 10.8. The predicted molar refractivity (Wildman–Crippen MR) is 47.8 cm³/mol. The van der Waals surface area contributed by atoms with E-state index >= 15 is 0 Å². The van der Waals surface area contributed by atoms with Crippen LogP contribution in [0.5, 0.6) is 0 Å². The molecule has 1 rings (SSSR count). The molecule has 0 amide bonds. The molecule has 0 radical (unpaired) electrons. The number of carboxylic acids is 1. The third kappa shape index (κ3) is 1.44. The van der Waals surface area contributed by atoms with Gasteiger partial charge in [-0.3, -0.25) is 4.79 Å². The van der Waals surface area contributed by atoms with Crippen LogP contribution in [0.2, 0.25) is 4.34 Å². The Morgan fingerprint density at radius 1 is 1.75 bits per heavy atom. The lowest BCUT2D eigenvalue weighted by Gasteiger charge is -2.16. The van der Waals surface area contributed by atoms with Crippen LogP contribution in [-0.2, 0) is 10.2 Å². The lowest BCUT2D eigenvalue weighted by atomic mass is 9.90. The molecule has 66 valence electrons. The Hall–Kier alpha value is -0.610. The number of aromatic nitrogens is 1. The molecule has 0 saturated heterocycles. The zero-order valence-corrected chi connectivity index (χ0v) is 8.24. The SMILES string of the molecule is CC(C)(C(=O)O)c1ncsc1Cl. The number of rotatable bonds is 2. The van der Waals surface area contributed by atoms with Gasteiger partial charge in [-0.05, 0) is 13.8 Å². The lowest BCUT2D eigenvalue weighted by molar-refractivity contribution is -0.142. The summed E-state index contributed by atoms with van der Waals surface area (Å²) < 4.78 is 0.447. The third-order valence-corrected chi connectivity index (χ3v) is 2.71. The minimum Gasteiger partial charge on any atom is -0.481 e. The van der Waals surface area contributed by atoms with E-state index in [0.29, 0.717) is 10.0 Å². The van der Waals surface area contributed by atoms with Crippen LogP contribution in [-0.4, -0.2) is 16.1 Å². The van der Waals surface area contributed by atoms with Gasteiger partial charge in [0.05, 0.1) is 11.2 Å². The molecule has 1 aromatic rings. The van der Waals surface area contributed by atoms with Gasteiger partial charge >= 0.3 is 5.97 Å². The molecule has 0 aliphatic rings. The van der Waals surface area contributed by atoms with Gasteiger partial charge in [0.25, 0.3) is 0 Å².